The van der Waals surface area contributed by atoms with Gasteiger partial charge in [0, 0.05) is 12.0 Å². The number of carboxylic acid groups (broad SMARTS) is 2. The SMILES string of the molecule is O=C(O)CCc1ccc(F)c(C(O)C(=O)O)c1. The van der Waals surface area contributed by atoms with E-state index >= 15 is 0 Å². The number of halogens is 1. The minimum atomic E-state index is -1.94. The topological polar surface area (TPSA) is 94.8 Å². The number of hydrogen-bond donors (Lipinski definition) is 3. The van der Waals surface area contributed by atoms with E-state index in [9.17, 15) is 19.1 Å². The van der Waals surface area contributed by atoms with Gasteiger partial charge in [-0.1, -0.05) is 6.07 Å². The summed E-state index contributed by atoms with van der Waals surface area (Å²) in [6, 6.07) is 3.53. The first-order valence-corrected chi connectivity index (χ1v) is 4.83. The summed E-state index contributed by atoms with van der Waals surface area (Å²) in [7, 11) is 0. The third kappa shape index (κ3) is 3.53. The quantitative estimate of drug-likeness (QED) is 0.714. The molecule has 0 fully saturated rings. The maximum Gasteiger partial charge on any atom is 0.337 e. The summed E-state index contributed by atoms with van der Waals surface area (Å²) in [5, 5.41) is 26.3. The molecule has 0 aliphatic heterocycles. The normalized spacial score (nSPS) is 12.1. The van der Waals surface area contributed by atoms with Gasteiger partial charge < -0.3 is 15.3 Å². The zero-order valence-corrected chi connectivity index (χ0v) is 8.76. The molecule has 6 heteroatoms. The van der Waals surface area contributed by atoms with Crippen molar-refractivity contribution >= 4 is 11.9 Å². The van der Waals surface area contributed by atoms with E-state index in [-0.39, 0.29) is 18.4 Å². The number of rotatable bonds is 5. The summed E-state index contributed by atoms with van der Waals surface area (Å²) < 4.78 is 13.2. The van der Waals surface area contributed by atoms with Gasteiger partial charge in [-0.2, -0.15) is 0 Å². The Bertz CT molecular complexity index is 443. The Balaban J connectivity index is 2.94. The van der Waals surface area contributed by atoms with Crippen molar-refractivity contribution in [2.75, 3.05) is 0 Å². The van der Waals surface area contributed by atoms with E-state index in [4.69, 9.17) is 10.2 Å². The van der Waals surface area contributed by atoms with E-state index in [1.54, 1.807) is 0 Å². The number of aliphatic hydroxyl groups excluding tert-OH is 1. The fourth-order valence-electron chi connectivity index (χ4n) is 1.34. The lowest BCUT2D eigenvalue weighted by atomic mass is 10.0. The maximum atomic E-state index is 13.2. The molecule has 0 heterocycles. The highest BCUT2D eigenvalue weighted by Gasteiger charge is 2.20. The molecule has 0 aromatic heterocycles. The van der Waals surface area contributed by atoms with Crippen molar-refractivity contribution in [1.29, 1.82) is 0 Å². The van der Waals surface area contributed by atoms with Crippen molar-refractivity contribution in [3.8, 4) is 0 Å². The number of aliphatic carboxylic acids is 2. The molecule has 0 saturated carbocycles. The zero-order valence-electron chi connectivity index (χ0n) is 8.76. The van der Waals surface area contributed by atoms with E-state index in [0.717, 1.165) is 12.1 Å². The van der Waals surface area contributed by atoms with Crippen LogP contribution in [0.25, 0.3) is 0 Å². The number of carbonyl (C=O) groups is 2. The molecular weight excluding hydrogens is 231 g/mol. The predicted molar refractivity (Wildman–Crippen MR) is 55.0 cm³/mol. The minimum absolute atomic E-state index is 0.145. The number of carboxylic acids is 2. The van der Waals surface area contributed by atoms with Crippen LogP contribution in [0.3, 0.4) is 0 Å². The van der Waals surface area contributed by atoms with Gasteiger partial charge in [0.25, 0.3) is 0 Å². The molecule has 1 atom stereocenters. The summed E-state index contributed by atoms with van der Waals surface area (Å²) in [5.74, 6) is -3.40. The van der Waals surface area contributed by atoms with Crippen LogP contribution in [0.15, 0.2) is 18.2 Å². The fraction of sp³-hybridized carbons (Fsp3) is 0.273. The molecule has 0 spiro atoms. The average molecular weight is 242 g/mol. The van der Waals surface area contributed by atoms with E-state index in [0.29, 0.717) is 5.56 Å². The smallest absolute Gasteiger partial charge is 0.337 e. The third-order valence-corrected chi connectivity index (χ3v) is 2.22. The molecule has 0 bridgehead atoms. The van der Waals surface area contributed by atoms with E-state index in [1.807, 2.05) is 0 Å². The maximum absolute atomic E-state index is 13.2. The number of aryl methyl sites for hydroxylation is 1. The highest BCUT2D eigenvalue weighted by Crippen LogP contribution is 2.19. The number of hydrogen-bond acceptors (Lipinski definition) is 3. The van der Waals surface area contributed by atoms with Crippen molar-refractivity contribution in [2.45, 2.75) is 18.9 Å². The minimum Gasteiger partial charge on any atom is -0.481 e. The van der Waals surface area contributed by atoms with Gasteiger partial charge in [0.2, 0.25) is 0 Å². The second-order valence-corrected chi connectivity index (χ2v) is 3.49. The Morgan fingerprint density at radius 3 is 2.47 bits per heavy atom. The van der Waals surface area contributed by atoms with Crippen LogP contribution in [0, 0.1) is 5.82 Å². The van der Waals surface area contributed by atoms with Gasteiger partial charge in [-0.25, -0.2) is 9.18 Å². The summed E-state index contributed by atoms with van der Waals surface area (Å²) >= 11 is 0. The monoisotopic (exact) mass is 242 g/mol. The molecule has 92 valence electrons. The van der Waals surface area contributed by atoms with Gasteiger partial charge in [-0.15, -0.1) is 0 Å². The van der Waals surface area contributed by atoms with Crippen molar-refractivity contribution in [1.82, 2.24) is 0 Å². The van der Waals surface area contributed by atoms with Gasteiger partial charge in [0.1, 0.15) is 5.82 Å². The zero-order chi connectivity index (χ0) is 13.0. The Morgan fingerprint density at radius 1 is 1.29 bits per heavy atom. The third-order valence-electron chi connectivity index (χ3n) is 2.22. The molecule has 1 unspecified atom stereocenters. The molecule has 1 aromatic carbocycles. The molecule has 0 radical (unpaired) electrons. The van der Waals surface area contributed by atoms with Crippen LogP contribution in [0.2, 0.25) is 0 Å². The van der Waals surface area contributed by atoms with Crippen LogP contribution in [0.4, 0.5) is 4.39 Å². The highest BCUT2D eigenvalue weighted by molar-refractivity contribution is 5.74. The first-order chi connectivity index (χ1) is 7.91. The van der Waals surface area contributed by atoms with E-state index < -0.39 is 23.9 Å². The summed E-state index contributed by atoms with van der Waals surface area (Å²) in [4.78, 5) is 20.9. The van der Waals surface area contributed by atoms with Gasteiger partial charge in [-0.05, 0) is 24.1 Å². The van der Waals surface area contributed by atoms with Gasteiger partial charge >= 0.3 is 11.9 Å². The van der Waals surface area contributed by atoms with Crippen LogP contribution < -0.4 is 0 Å². The number of aliphatic hydroxyl groups is 1. The number of benzene rings is 1. The van der Waals surface area contributed by atoms with Crippen LogP contribution in [-0.2, 0) is 16.0 Å². The second-order valence-electron chi connectivity index (χ2n) is 3.49. The Labute approximate surface area is 96.1 Å². The highest BCUT2D eigenvalue weighted by atomic mass is 19.1. The Morgan fingerprint density at radius 2 is 1.94 bits per heavy atom. The van der Waals surface area contributed by atoms with Crippen LogP contribution in [0.5, 0.6) is 0 Å². The van der Waals surface area contributed by atoms with E-state index in [2.05, 4.69) is 0 Å². The predicted octanol–water partition coefficient (Wildman–Crippen LogP) is 0.961. The summed E-state index contributed by atoms with van der Waals surface area (Å²) in [5.41, 5.74) is 0.101. The fourth-order valence-corrected chi connectivity index (χ4v) is 1.34. The second kappa shape index (κ2) is 5.40. The largest absolute Gasteiger partial charge is 0.481 e. The Hall–Kier alpha value is -1.95. The first-order valence-electron chi connectivity index (χ1n) is 4.83. The van der Waals surface area contributed by atoms with E-state index in [1.165, 1.54) is 6.07 Å². The van der Waals surface area contributed by atoms with Crippen molar-refractivity contribution < 1.29 is 29.3 Å². The molecule has 1 aromatic rings. The van der Waals surface area contributed by atoms with Crippen LogP contribution in [0.1, 0.15) is 23.7 Å². The molecule has 1 rings (SSSR count). The first kappa shape index (κ1) is 13.1. The summed E-state index contributed by atoms with van der Waals surface area (Å²) in [6.07, 6.45) is -1.94. The lowest BCUT2D eigenvalue weighted by Gasteiger charge is -2.09. The van der Waals surface area contributed by atoms with Crippen molar-refractivity contribution in [2.24, 2.45) is 0 Å². The van der Waals surface area contributed by atoms with Crippen LogP contribution >= 0.6 is 0 Å². The Kier molecular flexibility index (Phi) is 4.17. The summed E-state index contributed by atoms with van der Waals surface area (Å²) in [6.45, 7) is 0. The lowest BCUT2D eigenvalue weighted by molar-refractivity contribution is -0.147. The van der Waals surface area contributed by atoms with Gasteiger partial charge in [0.05, 0.1) is 0 Å². The molecule has 0 aliphatic carbocycles. The average Bonchev–Trinajstić information content (AvgIpc) is 2.26. The molecular formula is C11H11FO5. The lowest BCUT2D eigenvalue weighted by Crippen LogP contribution is -2.12. The molecule has 0 amide bonds. The standard InChI is InChI=1S/C11H11FO5/c12-8-3-1-6(2-4-9(13)14)5-7(8)10(15)11(16)17/h1,3,5,10,15H,2,4H2,(H,13,14)(H,16,17). The van der Waals surface area contributed by atoms with Crippen LogP contribution in [-0.4, -0.2) is 27.3 Å². The molecule has 3 N–H and O–H groups in total. The molecule has 5 nitrogen and oxygen atoms in total. The van der Waals surface area contributed by atoms with Crippen molar-refractivity contribution in [3.63, 3.8) is 0 Å². The van der Waals surface area contributed by atoms with Crippen molar-refractivity contribution in [3.05, 3.63) is 35.1 Å². The van der Waals surface area contributed by atoms with Gasteiger partial charge in [-0.3, -0.25) is 4.79 Å². The molecule has 17 heavy (non-hydrogen) atoms. The van der Waals surface area contributed by atoms with Gasteiger partial charge in [0.15, 0.2) is 6.10 Å². The molecule has 0 aliphatic rings. The molecule has 0 saturated heterocycles.